The minimum absolute atomic E-state index is 0.141. The minimum Gasteiger partial charge on any atom is -0.282 e. The van der Waals surface area contributed by atoms with Gasteiger partial charge in [0, 0.05) is 13.1 Å². The Morgan fingerprint density at radius 3 is 2.24 bits per heavy atom. The lowest BCUT2D eigenvalue weighted by molar-refractivity contribution is 0.336. The van der Waals surface area contributed by atoms with Gasteiger partial charge in [0.2, 0.25) is 0 Å². The first-order valence-corrected chi connectivity index (χ1v) is 6.74. The van der Waals surface area contributed by atoms with Crippen LogP contribution in [0.15, 0.2) is 39.5 Å². The summed E-state index contributed by atoms with van der Waals surface area (Å²) in [4.78, 5) is -0.141. The third kappa shape index (κ3) is 3.24. The van der Waals surface area contributed by atoms with Gasteiger partial charge in [0.05, 0.1) is 10.6 Å². The van der Waals surface area contributed by atoms with E-state index in [1.54, 1.807) is 0 Å². The molecule has 1 aliphatic rings. The topological polar surface area (TPSA) is 82.3 Å². The van der Waals surface area contributed by atoms with E-state index >= 15 is 0 Å². The van der Waals surface area contributed by atoms with Crippen LogP contribution in [0, 0.1) is 0 Å². The summed E-state index contributed by atoms with van der Waals surface area (Å²) in [6.45, 7) is 1.82. The smallest absolute Gasteiger partial charge is 0.282 e. The monoisotopic (exact) mass is 255 g/mol. The fraction of sp³-hybridized carbons (Fsp3) is 0.400. The molecular formula is C10H13N3O3S. The van der Waals surface area contributed by atoms with E-state index in [1.165, 1.54) is 24.3 Å². The molecule has 0 radical (unpaired) electrons. The van der Waals surface area contributed by atoms with E-state index in [0.717, 1.165) is 25.9 Å². The zero-order valence-corrected chi connectivity index (χ0v) is 9.97. The summed E-state index contributed by atoms with van der Waals surface area (Å²) >= 11 is 0. The summed E-state index contributed by atoms with van der Waals surface area (Å²) in [7, 11) is -4.13. The van der Waals surface area contributed by atoms with Gasteiger partial charge in [-0.15, -0.1) is 5.11 Å². The van der Waals surface area contributed by atoms with Crippen LogP contribution in [-0.4, -0.2) is 31.1 Å². The molecule has 7 heteroatoms. The van der Waals surface area contributed by atoms with Crippen molar-refractivity contribution in [3.63, 3.8) is 0 Å². The molecule has 92 valence electrons. The van der Waals surface area contributed by atoms with Crippen LogP contribution in [0.2, 0.25) is 0 Å². The van der Waals surface area contributed by atoms with Crippen LogP contribution < -0.4 is 0 Å². The molecule has 1 saturated heterocycles. The van der Waals surface area contributed by atoms with Crippen molar-refractivity contribution in [3.05, 3.63) is 24.3 Å². The minimum atomic E-state index is -4.13. The molecule has 0 unspecified atom stereocenters. The molecule has 1 aliphatic heterocycles. The molecule has 1 aromatic carbocycles. The summed E-state index contributed by atoms with van der Waals surface area (Å²) in [6, 6.07) is 5.60. The van der Waals surface area contributed by atoms with E-state index in [9.17, 15) is 8.42 Å². The zero-order valence-electron chi connectivity index (χ0n) is 9.15. The maximum absolute atomic E-state index is 10.8. The third-order valence-electron chi connectivity index (χ3n) is 2.50. The standard InChI is InChI=1S/C10H13N3O3S/c14-17(15,16)10-5-3-9(4-6-10)11-12-13-7-1-2-8-13/h3-6H,1-2,7-8H2,(H,14,15,16). The van der Waals surface area contributed by atoms with E-state index in [1.807, 2.05) is 5.01 Å². The Kier molecular flexibility index (Phi) is 3.39. The molecule has 0 aromatic heterocycles. The van der Waals surface area contributed by atoms with Crippen molar-refractivity contribution in [1.29, 1.82) is 0 Å². The lowest BCUT2D eigenvalue weighted by Gasteiger charge is -2.06. The average Bonchev–Trinajstić information content (AvgIpc) is 2.78. The van der Waals surface area contributed by atoms with Gasteiger partial charge in [-0.25, -0.2) is 0 Å². The quantitative estimate of drug-likeness (QED) is 0.661. The molecule has 0 atom stereocenters. The van der Waals surface area contributed by atoms with Gasteiger partial charge in [-0.1, -0.05) is 5.22 Å². The Hall–Kier alpha value is -1.47. The molecule has 0 spiro atoms. The van der Waals surface area contributed by atoms with Gasteiger partial charge in [-0.2, -0.15) is 8.42 Å². The van der Waals surface area contributed by atoms with Crippen LogP contribution in [0.5, 0.6) is 0 Å². The molecule has 1 heterocycles. The fourth-order valence-corrected chi connectivity index (χ4v) is 2.07. The van der Waals surface area contributed by atoms with E-state index in [0.29, 0.717) is 5.69 Å². The highest BCUT2D eigenvalue weighted by Gasteiger charge is 2.09. The van der Waals surface area contributed by atoms with E-state index < -0.39 is 10.1 Å². The highest BCUT2D eigenvalue weighted by atomic mass is 32.2. The highest BCUT2D eigenvalue weighted by Crippen LogP contribution is 2.18. The highest BCUT2D eigenvalue weighted by molar-refractivity contribution is 7.85. The lowest BCUT2D eigenvalue weighted by Crippen LogP contribution is -2.09. The normalized spacial score (nSPS) is 16.9. The largest absolute Gasteiger partial charge is 0.294 e. The van der Waals surface area contributed by atoms with Crippen LogP contribution in [-0.2, 0) is 10.1 Å². The zero-order chi connectivity index (χ0) is 12.3. The van der Waals surface area contributed by atoms with Crippen LogP contribution in [0.1, 0.15) is 12.8 Å². The molecule has 0 amide bonds. The maximum atomic E-state index is 10.8. The molecule has 6 nitrogen and oxygen atoms in total. The number of hydrogen-bond donors (Lipinski definition) is 1. The molecule has 17 heavy (non-hydrogen) atoms. The number of rotatable bonds is 3. The van der Waals surface area contributed by atoms with Crippen LogP contribution in [0.3, 0.4) is 0 Å². The summed E-state index contributed by atoms with van der Waals surface area (Å²) in [6.07, 6.45) is 2.25. The van der Waals surface area contributed by atoms with Crippen molar-refractivity contribution in [2.45, 2.75) is 17.7 Å². The first-order valence-electron chi connectivity index (χ1n) is 5.30. The molecule has 0 aliphatic carbocycles. The average molecular weight is 255 g/mol. The second-order valence-electron chi connectivity index (χ2n) is 3.82. The van der Waals surface area contributed by atoms with Gasteiger partial charge in [0.25, 0.3) is 10.1 Å². The summed E-state index contributed by atoms with van der Waals surface area (Å²) in [5.41, 5.74) is 0.560. The van der Waals surface area contributed by atoms with E-state index in [-0.39, 0.29) is 4.90 Å². The molecule has 0 saturated carbocycles. The summed E-state index contributed by atoms with van der Waals surface area (Å²) in [5.74, 6) is 0. The summed E-state index contributed by atoms with van der Waals surface area (Å²) in [5, 5.41) is 9.89. The van der Waals surface area contributed by atoms with Crippen molar-refractivity contribution in [1.82, 2.24) is 5.01 Å². The fourth-order valence-electron chi connectivity index (χ4n) is 1.59. The van der Waals surface area contributed by atoms with Gasteiger partial charge in [0.15, 0.2) is 0 Å². The Morgan fingerprint density at radius 2 is 1.71 bits per heavy atom. The van der Waals surface area contributed by atoms with Gasteiger partial charge >= 0.3 is 0 Å². The van der Waals surface area contributed by atoms with Crippen molar-refractivity contribution >= 4 is 15.8 Å². The van der Waals surface area contributed by atoms with E-state index in [2.05, 4.69) is 10.3 Å². The van der Waals surface area contributed by atoms with Gasteiger partial charge in [0.1, 0.15) is 0 Å². The lowest BCUT2D eigenvalue weighted by atomic mass is 10.3. The van der Waals surface area contributed by atoms with E-state index in [4.69, 9.17) is 4.55 Å². The molecule has 2 rings (SSSR count). The first-order chi connectivity index (χ1) is 8.05. The number of nitrogens with zero attached hydrogens (tertiary/aromatic N) is 3. The Labute approximate surface area is 99.7 Å². The number of benzene rings is 1. The Bertz CT molecular complexity index is 504. The predicted molar refractivity (Wildman–Crippen MR) is 61.6 cm³/mol. The van der Waals surface area contributed by atoms with Crippen LogP contribution >= 0.6 is 0 Å². The third-order valence-corrected chi connectivity index (χ3v) is 3.37. The van der Waals surface area contributed by atoms with Crippen molar-refractivity contribution in [3.8, 4) is 0 Å². The van der Waals surface area contributed by atoms with Crippen LogP contribution in [0.4, 0.5) is 5.69 Å². The second-order valence-corrected chi connectivity index (χ2v) is 5.24. The Morgan fingerprint density at radius 1 is 1.12 bits per heavy atom. The SMILES string of the molecule is O=S(=O)(O)c1ccc(N=NN2CCCC2)cc1. The van der Waals surface area contributed by atoms with Crippen molar-refractivity contribution < 1.29 is 13.0 Å². The van der Waals surface area contributed by atoms with Crippen LogP contribution in [0.25, 0.3) is 0 Å². The van der Waals surface area contributed by atoms with Crippen molar-refractivity contribution in [2.75, 3.05) is 13.1 Å². The maximum Gasteiger partial charge on any atom is 0.294 e. The second kappa shape index (κ2) is 4.80. The first kappa shape index (κ1) is 12.0. The molecular weight excluding hydrogens is 242 g/mol. The molecule has 1 aromatic rings. The molecule has 0 bridgehead atoms. The number of hydrogen-bond acceptors (Lipinski definition) is 4. The predicted octanol–water partition coefficient (Wildman–Crippen LogP) is 2.03. The van der Waals surface area contributed by atoms with Crippen molar-refractivity contribution in [2.24, 2.45) is 10.3 Å². The van der Waals surface area contributed by atoms with Gasteiger partial charge < -0.3 is 0 Å². The molecule has 1 N–H and O–H groups in total. The summed E-state index contributed by atoms with van der Waals surface area (Å²) < 4.78 is 30.4. The van der Waals surface area contributed by atoms with Gasteiger partial charge in [-0.3, -0.25) is 9.56 Å². The molecule has 1 fully saturated rings. The Balaban J connectivity index is 2.08. The van der Waals surface area contributed by atoms with Gasteiger partial charge in [-0.05, 0) is 37.1 Å².